The number of hydrogen-bond donors (Lipinski definition) is 1. The molecule has 1 aliphatic rings. The maximum absolute atomic E-state index is 12.3. The van der Waals surface area contributed by atoms with Crippen LogP contribution in [0.5, 0.6) is 0 Å². The highest BCUT2D eigenvalue weighted by Crippen LogP contribution is 2.12. The first-order chi connectivity index (χ1) is 11.1. The summed E-state index contributed by atoms with van der Waals surface area (Å²) in [6, 6.07) is 7.85. The lowest BCUT2D eigenvalue weighted by atomic mass is 10.1. The van der Waals surface area contributed by atoms with E-state index in [9.17, 15) is 4.79 Å². The van der Waals surface area contributed by atoms with Crippen LogP contribution in [0, 0.1) is 0 Å². The van der Waals surface area contributed by atoms with Crippen molar-refractivity contribution >= 4 is 11.6 Å². The zero-order valence-electron chi connectivity index (χ0n) is 13.7. The van der Waals surface area contributed by atoms with Crippen LogP contribution in [0.4, 0.5) is 5.69 Å². The Kier molecular flexibility index (Phi) is 4.73. The van der Waals surface area contributed by atoms with Gasteiger partial charge in [0.2, 0.25) is 0 Å². The Morgan fingerprint density at radius 2 is 2.00 bits per heavy atom. The van der Waals surface area contributed by atoms with E-state index in [1.54, 1.807) is 17.1 Å². The summed E-state index contributed by atoms with van der Waals surface area (Å²) in [5.74, 6) is -0.0989. The number of piperazine rings is 1. The molecule has 0 unspecified atom stereocenters. The molecule has 0 spiro atoms. The van der Waals surface area contributed by atoms with Gasteiger partial charge in [0, 0.05) is 51.5 Å². The first kappa shape index (κ1) is 15.7. The third-order valence-corrected chi connectivity index (χ3v) is 4.15. The molecule has 1 fully saturated rings. The summed E-state index contributed by atoms with van der Waals surface area (Å²) in [4.78, 5) is 17.1. The number of hydrogen-bond acceptors (Lipinski definition) is 4. The van der Waals surface area contributed by atoms with Gasteiger partial charge in [-0.25, -0.2) is 0 Å². The summed E-state index contributed by atoms with van der Waals surface area (Å²) in [5.41, 5.74) is 2.57. The van der Waals surface area contributed by atoms with E-state index in [1.807, 2.05) is 25.2 Å². The van der Waals surface area contributed by atoms with Crippen molar-refractivity contribution in [2.24, 2.45) is 7.05 Å². The molecule has 3 rings (SSSR count). The summed E-state index contributed by atoms with van der Waals surface area (Å²) in [5, 5.41) is 6.93. The summed E-state index contributed by atoms with van der Waals surface area (Å²) in [6.45, 7) is 5.23. The van der Waals surface area contributed by atoms with Gasteiger partial charge in [-0.1, -0.05) is 12.1 Å². The van der Waals surface area contributed by atoms with Crippen molar-refractivity contribution < 1.29 is 4.79 Å². The average molecular weight is 313 g/mol. The fraction of sp³-hybridized carbons (Fsp3) is 0.412. The van der Waals surface area contributed by atoms with Crippen LogP contribution in [-0.4, -0.2) is 58.7 Å². The number of carbonyl (C=O) groups is 1. The lowest BCUT2D eigenvalue weighted by Crippen LogP contribution is -2.43. The first-order valence-electron chi connectivity index (χ1n) is 7.90. The highest BCUT2D eigenvalue weighted by molar-refractivity contribution is 6.04. The molecule has 6 nitrogen and oxygen atoms in total. The standard InChI is InChI=1S/C17H23N5O/c1-20-6-8-22(9-7-20)12-14-4-3-5-15(10-14)17(23)19-16-11-18-21(2)13-16/h3-5,10-11,13H,6-9,12H2,1-2H3,(H,19,23). The van der Waals surface area contributed by atoms with E-state index in [0.717, 1.165) is 32.7 Å². The number of amides is 1. The summed E-state index contributed by atoms with van der Waals surface area (Å²) in [7, 11) is 3.98. The maximum Gasteiger partial charge on any atom is 0.255 e. The van der Waals surface area contributed by atoms with Gasteiger partial charge >= 0.3 is 0 Å². The normalized spacial score (nSPS) is 16.4. The van der Waals surface area contributed by atoms with Crippen LogP contribution in [0.15, 0.2) is 36.7 Å². The van der Waals surface area contributed by atoms with Crippen molar-refractivity contribution in [2.45, 2.75) is 6.54 Å². The molecule has 0 radical (unpaired) electrons. The van der Waals surface area contributed by atoms with Gasteiger partial charge < -0.3 is 10.2 Å². The van der Waals surface area contributed by atoms with Crippen LogP contribution >= 0.6 is 0 Å². The quantitative estimate of drug-likeness (QED) is 0.927. The van der Waals surface area contributed by atoms with Crippen molar-refractivity contribution in [3.8, 4) is 0 Å². The van der Waals surface area contributed by atoms with Gasteiger partial charge in [-0.05, 0) is 24.7 Å². The zero-order valence-corrected chi connectivity index (χ0v) is 13.7. The van der Waals surface area contributed by atoms with Gasteiger partial charge in [-0.2, -0.15) is 5.10 Å². The highest BCUT2D eigenvalue weighted by atomic mass is 16.1. The molecule has 1 amide bonds. The molecule has 0 atom stereocenters. The topological polar surface area (TPSA) is 53.4 Å². The van der Waals surface area contributed by atoms with E-state index < -0.39 is 0 Å². The third-order valence-electron chi connectivity index (χ3n) is 4.15. The Morgan fingerprint density at radius 1 is 1.22 bits per heavy atom. The van der Waals surface area contributed by atoms with Gasteiger partial charge in [0.15, 0.2) is 0 Å². The first-order valence-corrected chi connectivity index (χ1v) is 7.90. The molecule has 2 heterocycles. The van der Waals surface area contributed by atoms with Crippen molar-refractivity contribution in [2.75, 3.05) is 38.5 Å². The van der Waals surface area contributed by atoms with Crippen LogP contribution in [0.2, 0.25) is 0 Å². The van der Waals surface area contributed by atoms with Crippen molar-refractivity contribution in [3.63, 3.8) is 0 Å². The molecule has 1 N–H and O–H groups in total. The van der Waals surface area contributed by atoms with E-state index >= 15 is 0 Å². The number of aromatic nitrogens is 2. The van der Waals surface area contributed by atoms with E-state index in [2.05, 4.69) is 33.3 Å². The van der Waals surface area contributed by atoms with Gasteiger partial charge in [0.1, 0.15) is 0 Å². The summed E-state index contributed by atoms with van der Waals surface area (Å²) in [6.07, 6.45) is 3.43. The molecule has 2 aromatic rings. The SMILES string of the molecule is CN1CCN(Cc2cccc(C(=O)Nc3cnn(C)c3)c2)CC1. The molecule has 0 bridgehead atoms. The van der Waals surface area contributed by atoms with Crippen molar-refractivity contribution in [1.82, 2.24) is 19.6 Å². The van der Waals surface area contributed by atoms with Crippen LogP contribution < -0.4 is 5.32 Å². The van der Waals surface area contributed by atoms with Crippen molar-refractivity contribution in [1.29, 1.82) is 0 Å². The Balaban J connectivity index is 1.63. The fourth-order valence-electron chi connectivity index (χ4n) is 2.76. The molecular weight excluding hydrogens is 290 g/mol. The largest absolute Gasteiger partial charge is 0.319 e. The number of nitrogens with zero attached hydrogens (tertiary/aromatic N) is 4. The number of benzene rings is 1. The Hall–Kier alpha value is -2.18. The average Bonchev–Trinajstić information content (AvgIpc) is 2.95. The number of rotatable bonds is 4. The van der Waals surface area contributed by atoms with Gasteiger partial charge in [0.25, 0.3) is 5.91 Å². The number of anilines is 1. The van der Waals surface area contributed by atoms with Crippen LogP contribution in [0.3, 0.4) is 0 Å². The smallest absolute Gasteiger partial charge is 0.255 e. The maximum atomic E-state index is 12.3. The summed E-state index contributed by atoms with van der Waals surface area (Å²) >= 11 is 0. The monoisotopic (exact) mass is 313 g/mol. The number of likely N-dealkylation sites (N-methyl/N-ethyl adjacent to an activating group) is 1. The van der Waals surface area contributed by atoms with Crippen LogP contribution in [0.1, 0.15) is 15.9 Å². The molecule has 0 saturated carbocycles. The Morgan fingerprint density at radius 3 is 2.70 bits per heavy atom. The molecule has 1 aromatic carbocycles. The van der Waals surface area contributed by atoms with Crippen LogP contribution in [0.25, 0.3) is 0 Å². The second-order valence-corrected chi connectivity index (χ2v) is 6.14. The van der Waals surface area contributed by atoms with Gasteiger partial charge in [-0.15, -0.1) is 0 Å². The van der Waals surface area contributed by atoms with Gasteiger partial charge in [0.05, 0.1) is 11.9 Å². The van der Waals surface area contributed by atoms with E-state index in [-0.39, 0.29) is 5.91 Å². The predicted octanol–water partition coefficient (Wildman–Crippen LogP) is 1.42. The highest BCUT2D eigenvalue weighted by Gasteiger charge is 2.14. The van der Waals surface area contributed by atoms with E-state index in [1.165, 1.54) is 5.56 Å². The molecule has 122 valence electrons. The van der Waals surface area contributed by atoms with E-state index in [4.69, 9.17) is 0 Å². The Bertz CT molecular complexity index is 673. The minimum Gasteiger partial charge on any atom is -0.319 e. The second kappa shape index (κ2) is 6.93. The summed E-state index contributed by atoms with van der Waals surface area (Å²) < 4.78 is 1.67. The molecular formula is C17H23N5O. The molecule has 6 heteroatoms. The number of nitrogens with one attached hydrogen (secondary N) is 1. The molecule has 1 aromatic heterocycles. The predicted molar refractivity (Wildman–Crippen MR) is 90.4 cm³/mol. The minimum absolute atomic E-state index is 0.0989. The van der Waals surface area contributed by atoms with E-state index in [0.29, 0.717) is 11.3 Å². The molecule has 23 heavy (non-hydrogen) atoms. The molecule has 1 saturated heterocycles. The molecule has 1 aliphatic heterocycles. The lowest BCUT2D eigenvalue weighted by molar-refractivity contribution is 0.102. The number of aryl methyl sites for hydroxylation is 1. The third kappa shape index (κ3) is 4.18. The second-order valence-electron chi connectivity index (χ2n) is 6.14. The Labute approximate surface area is 136 Å². The lowest BCUT2D eigenvalue weighted by Gasteiger charge is -2.32. The van der Waals surface area contributed by atoms with Crippen LogP contribution in [-0.2, 0) is 13.6 Å². The number of carbonyl (C=O) groups excluding carboxylic acids is 1. The zero-order chi connectivity index (χ0) is 16.2. The van der Waals surface area contributed by atoms with Crippen molar-refractivity contribution in [3.05, 3.63) is 47.8 Å². The minimum atomic E-state index is -0.0989. The van der Waals surface area contributed by atoms with Gasteiger partial charge in [-0.3, -0.25) is 14.4 Å². The fourth-order valence-corrected chi connectivity index (χ4v) is 2.76. The molecule has 0 aliphatic carbocycles.